The van der Waals surface area contributed by atoms with Gasteiger partial charge in [-0.25, -0.2) is 0 Å². The lowest BCUT2D eigenvalue weighted by Gasteiger charge is -2.26. The number of amides is 2. The van der Waals surface area contributed by atoms with Crippen molar-refractivity contribution >= 4 is 17.8 Å². The number of nitrogens with zero attached hydrogens (tertiary/aromatic N) is 1. The highest BCUT2D eigenvalue weighted by molar-refractivity contribution is 5.91. The van der Waals surface area contributed by atoms with E-state index in [2.05, 4.69) is 5.32 Å². The molecule has 2 aliphatic rings. The molecule has 5 atom stereocenters. The Morgan fingerprint density at radius 2 is 1.75 bits per heavy atom. The minimum atomic E-state index is -0.936. The molecule has 0 radical (unpaired) electrons. The fourth-order valence-corrected chi connectivity index (χ4v) is 3.28. The van der Waals surface area contributed by atoms with Gasteiger partial charge in [-0.3, -0.25) is 14.4 Å². The summed E-state index contributed by atoms with van der Waals surface area (Å²) in [5.74, 6) is -2.81. The lowest BCUT2D eigenvalue weighted by atomic mass is 9.82. The van der Waals surface area contributed by atoms with E-state index in [1.165, 1.54) is 4.90 Å². The van der Waals surface area contributed by atoms with E-state index < -0.39 is 23.8 Å². The van der Waals surface area contributed by atoms with Crippen molar-refractivity contribution in [3.8, 4) is 0 Å². The third kappa shape index (κ3) is 2.42. The molecule has 0 spiro atoms. The third-order valence-corrected chi connectivity index (χ3v) is 4.22. The predicted molar refractivity (Wildman–Crippen MR) is 71.7 cm³/mol. The van der Waals surface area contributed by atoms with E-state index >= 15 is 0 Å². The molecule has 20 heavy (non-hydrogen) atoms. The average molecular weight is 280 g/mol. The monoisotopic (exact) mass is 280 g/mol. The molecule has 2 bridgehead atoms. The maximum atomic E-state index is 12.3. The number of nitrogens with one attached hydrogen (secondary N) is 1. The van der Waals surface area contributed by atoms with Crippen LogP contribution < -0.4 is 5.32 Å². The molecule has 6 nitrogen and oxygen atoms in total. The summed E-state index contributed by atoms with van der Waals surface area (Å²) < 4.78 is 0. The van der Waals surface area contributed by atoms with Crippen molar-refractivity contribution in [1.82, 2.24) is 10.2 Å². The summed E-state index contributed by atoms with van der Waals surface area (Å²) >= 11 is 0. The van der Waals surface area contributed by atoms with Crippen molar-refractivity contribution in [2.45, 2.75) is 19.4 Å². The van der Waals surface area contributed by atoms with Crippen molar-refractivity contribution in [3.63, 3.8) is 0 Å². The molecule has 110 valence electrons. The number of rotatable bonds is 4. The Kier molecular flexibility index (Phi) is 3.83. The normalized spacial score (nSPS) is 31.9. The number of carboxylic acids is 1. The van der Waals surface area contributed by atoms with Crippen LogP contribution in [0.3, 0.4) is 0 Å². The summed E-state index contributed by atoms with van der Waals surface area (Å²) in [5, 5.41) is 11.9. The number of aliphatic carboxylic acids is 1. The second-order valence-electron chi connectivity index (χ2n) is 5.80. The highest BCUT2D eigenvalue weighted by Crippen LogP contribution is 2.48. The Labute approximate surface area is 117 Å². The lowest BCUT2D eigenvalue weighted by molar-refractivity contribution is -0.148. The smallest absolute Gasteiger partial charge is 0.307 e. The minimum Gasteiger partial charge on any atom is -0.481 e. The third-order valence-electron chi connectivity index (χ3n) is 4.22. The maximum absolute atomic E-state index is 12.3. The molecule has 0 aromatic rings. The van der Waals surface area contributed by atoms with Crippen LogP contribution in [0.4, 0.5) is 0 Å². The first-order valence-corrected chi connectivity index (χ1v) is 6.75. The molecular weight excluding hydrogens is 260 g/mol. The molecule has 0 aromatic heterocycles. The molecule has 1 fully saturated rings. The summed E-state index contributed by atoms with van der Waals surface area (Å²) in [5.41, 5.74) is 0. The molecule has 2 N–H and O–H groups in total. The zero-order chi connectivity index (χ0) is 15.0. The summed E-state index contributed by atoms with van der Waals surface area (Å²) in [4.78, 5) is 36.8. The number of carbonyl (C=O) groups is 3. The first kappa shape index (κ1) is 14.6. The van der Waals surface area contributed by atoms with Crippen LogP contribution in [0.2, 0.25) is 0 Å². The molecule has 0 saturated heterocycles. The van der Waals surface area contributed by atoms with Gasteiger partial charge in [-0.15, -0.1) is 0 Å². The molecular formula is C14H20N2O4. The Morgan fingerprint density at radius 3 is 2.25 bits per heavy atom. The Bertz CT molecular complexity index is 472. The van der Waals surface area contributed by atoms with Gasteiger partial charge in [0.25, 0.3) is 0 Å². The standard InChI is InChI=1S/C14H20N2O4/c1-7(13(18)16(2)3)15-12(17)10-8-4-5-9(6-8)11(10)14(19)20/h4-5,7-11H,6H2,1-3H3,(H,15,17)(H,19,20). The predicted octanol–water partition coefficient (Wildman–Crippen LogP) is 0.102. The molecule has 0 heterocycles. The quantitative estimate of drug-likeness (QED) is 0.715. The maximum Gasteiger partial charge on any atom is 0.307 e. The van der Waals surface area contributed by atoms with E-state index in [4.69, 9.17) is 0 Å². The summed E-state index contributed by atoms with van der Waals surface area (Å²) in [7, 11) is 3.23. The first-order valence-electron chi connectivity index (χ1n) is 6.75. The van der Waals surface area contributed by atoms with E-state index in [1.807, 2.05) is 12.2 Å². The van der Waals surface area contributed by atoms with Crippen LogP contribution in [0.25, 0.3) is 0 Å². The van der Waals surface area contributed by atoms with Crippen LogP contribution in [0, 0.1) is 23.7 Å². The van der Waals surface area contributed by atoms with Gasteiger partial charge in [0.15, 0.2) is 0 Å². The summed E-state index contributed by atoms with van der Waals surface area (Å²) in [6.45, 7) is 1.61. The Balaban J connectivity index is 2.07. The van der Waals surface area contributed by atoms with Crippen molar-refractivity contribution in [1.29, 1.82) is 0 Å². The zero-order valence-electron chi connectivity index (χ0n) is 11.9. The van der Waals surface area contributed by atoms with Gasteiger partial charge in [0.1, 0.15) is 6.04 Å². The summed E-state index contributed by atoms with van der Waals surface area (Å²) in [6.07, 6.45) is 4.53. The number of carboxylic acid groups (broad SMARTS) is 1. The summed E-state index contributed by atoms with van der Waals surface area (Å²) in [6, 6.07) is -0.643. The van der Waals surface area contributed by atoms with Gasteiger partial charge in [-0.1, -0.05) is 12.2 Å². The van der Waals surface area contributed by atoms with Crippen LogP contribution in [-0.4, -0.2) is 47.9 Å². The van der Waals surface area contributed by atoms with E-state index in [1.54, 1.807) is 21.0 Å². The van der Waals surface area contributed by atoms with E-state index in [0.717, 1.165) is 0 Å². The number of likely N-dealkylation sites (N-methyl/N-ethyl adjacent to an activating group) is 1. The molecule has 5 unspecified atom stereocenters. The zero-order valence-corrected chi connectivity index (χ0v) is 11.9. The number of carbonyl (C=O) groups excluding carboxylic acids is 2. The minimum absolute atomic E-state index is 0.0252. The van der Waals surface area contributed by atoms with E-state index in [-0.39, 0.29) is 23.7 Å². The van der Waals surface area contributed by atoms with Gasteiger partial charge in [0.2, 0.25) is 11.8 Å². The van der Waals surface area contributed by atoms with E-state index in [0.29, 0.717) is 6.42 Å². The van der Waals surface area contributed by atoms with Gasteiger partial charge < -0.3 is 15.3 Å². The first-order chi connectivity index (χ1) is 9.32. The van der Waals surface area contributed by atoms with Crippen LogP contribution in [0.1, 0.15) is 13.3 Å². The molecule has 2 rings (SSSR count). The average Bonchev–Trinajstić information content (AvgIpc) is 2.97. The Hall–Kier alpha value is -1.85. The van der Waals surface area contributed by atoms with Crippen molar-refractivity contribution in [2.24, 2.45) is 23.7 Å². The number of hydrogen-bond acceptors (Lipinski definition) is 3. The highest BCUT2D eigenvalue weighted by atomic mass is 16.4. The van der Waals surface area contributed by atoms with Crippen molar-refractivity contribution in [2.75, 3.05) is 14.1 Å². The van der Waals surface area contributed by atoms with Crippen LogP contribution in [0.5, 0.6) is 0 Å². The highest BCUT2D eigenvalue weighted by Gasteiger charge is 2.51. The van der Waals surface area contributed by atoms with Crippen LogP contribution in [-0.2, 0) is 14.4 Å². The lowest BCUT2D eigenvalue weighted by Crippen LogP contribution is -2.49. The second-order valence-corrected chi connectivity index (χ2v) is 5.80. The van der Waals surface area contributed by atoms with Gasteiger partial charge in [-0.05, 0) is 25.2 Å². The fourth-order valence-electron chi connectivity index (χ4n) is 3.28. The number of hydrogen-bond donors (Lipinski definition) is 2. The molecule has 6 heteroatoms. The molecule has 2 aliphatic carbocycles. The fraction of sp³-hybridized carbons (Fsp3) is 0.643. The van der Waals surface area contributed by atoms with Gasteiger partial charge in [-0.2, -0.15) is 0 Å². The van der Waals surface area contributed by atoms with Crippen molar-refractivity contribution in [3.05, 3.63) is 12.2 Å². The topological polar surface area (TPSA) is 86.7 Å². The second kappa shape index (κ2) is 5.26. The largest absolute Gasteiger partial charge is 0.481 e. The SMILES string of the molecule is CC(NC(=O)C1C2C=CC(C2)C1C(=O)O)C(=O)N(C)C. The van der Waals surface area contributed by atoms with Gasteiger partial charge in [0, 0.05) is 14.1 Å². The molecule has 2 amide bonds. The van der Waals surface area contributed by atoms with Crippen LogP contribution >= 0.6 is 0 Å². The Morgan fingerprint density at radius 1 is 1.20 bits per heavy atom. The molecule has 1 saturated carbocycles. The van der Waals surface area contributed by atoms with Crippen LogP contribution in [0.15, 0.2) is 12.2 Å². The number of allylic oxidation sites excluding steroid dienone is 2. The van der Waals surface area contributed by atoms with Gasteiger partial charge in [0.05, 0.1) is 11.8 Å². The number of fused-ring (bicyclic) bond motifs is 2. The molecule has 0 aliphatic heterocycles. The molecule has 0 aromatic carbocycles. The van der Waals surface area contributed by atoms with Crippen molar-refractivity contribution < 1.29 is 19.5 Å². The van der Waals surface area contributed by atoms with Gasteiger partial charge >= 0.3 is 5.97 Å². The van der Waals surface area contributed by atoms with E-state index in [9.17, 15) is 19.5 Å².